The molecule has 0 atom stereocenters. The second-order valence-corrected chi connectivity index (χ2v) is 5.86. The molecule has 0 saturated carbocycles. The fourth-order valence-corrected chi connectivity index (χ4v) is 1.94. The van der Waals surface area contributed by atoms with E-state index in [0.29, 0.717) is 5.41 Å². The van der Waals surface area contributed by atoms with Gasteiger partial charge in [0.1, 0.15) is 0 Å². The standard InChI is InChI=1S/C15H26N2/c1-6-16-11-13-7-9-14(10-8-13)17(5)12-15(2,3)4/h7-10,16H,6,11-12H2,1-5H3. The van der Waals surface area contributed by atoms with Crippen LogP contribution in [0.1, 0.15) is 33.3 Å². The molecule has 0 aliphatic carbocycles. The van der Waals surface area contributed by atoms with Crippen LogP contribution in [0, 0.1) is 5.41 Å². The van der Waals surface area contributed by atoms with Crippen molar-refractivity contribution in [1.29, 1.82) is 0 Å². The molecule has 0 spiro atoms. The fraction of sp³-hybridized carbons (Fsp3) is 0.600. The second-order valence-electron chi connectivity index (χ2n) is 5.86. The Morgan fingerprint density at radius 3 is 2.18 bits per heavy atom. The van der Waals surface area contributed by atoms with Gasteiger partial charge < -0.3 is 10.2 Å². The second kappa shape index (κ2) is 6.06. The van der Waals surface area contributed by atoms with Crippen molar-refractivity contribution in [1.82, 2.24) is 5.32 Å². The number of nitrogens with one attached hydrogen (secondary N) is 1. The summed E-state index contributed by atoms with van der Waals surface area (Å²) >= 11 is 0. The van der Waals surface area contributed by atoms with Crippen molar-refractivity contribution >= 4 is 5.69 Å². The summed E-state index contributed by atoms with van der Waals surface area (Å²) < 4.78 is 0. The average Bonchev–Trinajstić information content (AvgIpc) is 2.24. The number of nitrogens with zero attached hydrogens (tertiary/aromatic N) is 1. The first-order valence-corrected chi connectivity index (χ1v) is 6.43. The van der Waals surface area contributed by atoms with E-state index in [-0.39, 0.29) is 0 Å². The van der Waals surface area contributed by atoms with E-state index in [0.717, 1.165) is 19.6 Å². The predicted octanol–water partition coefficient (Wildman–Crippen LogP) is 3.28. The molecule has 0 unspecified atom stereocenters. The highest BCUT2D eigenvalue weighted by molar-refractivity contribution is 5.47. The van der Waals surface area contributed by atoms with Crippen LogP contribution in [-0.4, -0.2) is 20.1 Å². The van der Waals surface area contributed by atoms with E-state index < -0.39 is 0 Å². The lowest BCUT2D eigenvalue weighted by atomic mass is 9.96. The molecule has 17 heavy (non-hydrogen) atoms. The van der Waals surface area contributed by atoms with Gasteiger partial charge in [-0.15, -0.1) is 0 Å². The Morgan fingerprint density at radius 1 is 1.12 bits per heavy atom. The number of hydrogen-bond donors (Lipinski definition) is 1. The molecule has 96 valence electrons. The lowest BCUT2D eigenvalue weighted by Crippen LogP contribution is -2.29. The van der Waals surface area contributed by atoms with Crippen molar-refractivity contribution < 1.29 is 0 Å². The van der Waals surface area contributed by atoms with Gasteiger partial charge in [0, 0.05) is 25.8 Å². The van der Waals surface area contributed by atoms with Gasteiger partial charge in [0.15, 0.2) is 0 Å². The molecule has 0 bridgehead atoms. The van der Waals surface area contributed by atoms with Crippen LogP contribution in [-0.2, 0) is 6.54 Å². The van der Waals surface area contributed by atoms with Crippen LogP contribution in [0.3, 0.4) is 0 Å². The summed E-state index contributed by atoms with van der Waals surface area (Å²) in [7, 11) is 2.16. The Morgan fingerprint density at radius 2 is 1.71 bits per heavy atom. The van der Waals surface area contributed by atoms with Crippen molar-refractivity contribution in [3.05, 3.63) is 29.8 Å². The van der Waals surface area contributed by atoms with Crippen LogP contribution in [0.15, 0.2) is 24.3 Å². The molecule has 0 saturated heterocycles. The molecule has 0 fully saturated rings. The molecule has 0 aliphatic rings. The molecular formula is C15H26N2. The van der Waals surface area contributed by atoms with Crippen molar-refractivity contribution in [3.63, 3.8) is 0 Å². The third kappa shape index (κ3) is 5.22. The highest BCUT2D eigenvalue weighted by atomic mass is 15.1. The number of benzene rings is 1. The Bertz CT molecular complexity index is 322. The molecule has 0 radical (unpaired) electrons. The Balaban J connectivity index is 2.60. The SMILES string of the molecule is CCNCc1ccc(N(C)CC(C)(C)C)cc1. The molecule has 1 rings (SSSR count). The van der Waals surface area contributed by atoms with Gasteiger partial charge >= 0.3 is 0 Å². The Hall–Kier alpha value is -1.02. The summed E-state index contributed by atoms with van der Waals surface area (Å²) in [5.41, 5.74) is 2.97. The molecule has 0 amide bonds. The molecule has 1 aromatic carbocycles. The third-order valence-electron chi connectivity index (χ3n) is 2.67. The summed E-state index contributed by atoms with van der Waals surface area (Å²) in [5, 5.41) is 3.34. The van der Waals surface area contributed by atoms with Crippen molar-refractivity contribution in [2.45, 2.75) is 34.2 Å². The Kier molecular flexibility index (Phi) is 5.01. The zero-order chi connectivity index (χ0) is 12.9. The number of rotatable bonds is 5. The van der Waals surface area contributed by atoms with Crippen molar-refractivity contribution in [2.24, 2.45) is 5.41 Å². The number of hydrogen-bond acceptors (Lipinski definition) is 2. The largest absolute Gasteiger partial charge is 0.374 e. The minimum Gasteiger partial charge on any atom is -0.374 e. The summed E-state index contributed by atoms with van der Waals surface area (Å²) in [6.07, 6.45) is 0. The van der Waals surface area contributed by atoms with E-state index in [1.807, 2.05) is 0 Å². The normalized spacial score (nSPS) is 11.6. The first-order valence-electron chi connectivity index (χ1n) is 6.43. The van der Waals surface area contributed by atoms with E-state index in [4.69, 9.17) is 0 Å². The topological polar surface area (TPSA) is 15.3 Å². The molecule has 0 aromatic heterocycles. The number of anilines is 1. The molecule has 2 nitrogen and oxygen atoms in total. The highest BCUT2D eigenvalue weighted by Crippen LogP contribution is 2.20. The summed E-state index contributed by atoms with van der Waals surface area (Å²) in [4.78, 5) is 2.32. The zero-order valence-electron chi connectivity index (χ0n) is 11.9. The molecule has 1 aromatic rings. The van der Waals surface area contributed by atoms with Gasteiger partial charge in [-0.25, -0.2) is 0 Å². The van der Waals surface area contributed by atoms with Gasteiger partial charge in [-0.05, 0) is 29.7 Å². The first-order chi connectivity index (χ1) is 7.92. The molecule has 0 aliphatic heterocycles. The lowest BCUT2D eigenvalue weighted by Gasteiger charge is -2.28. The van der Waals surface area contributed by atoms with Crippen molar-refractivity contribution in [2.75, 3.05) is 25.0 Å². The van der Waals surface area contributed by atoms with Gasteiger partial charge in [0.2, 0.25) is 0 Å². The van der Waals surface area contributed by atoms with Gasteiger partial charge in [0.05, 0.1) is 0 Å². The zero-order valence-corrected chi connectivity index (χ0v) is 11.9. The molecule has 1 N–H and O–H groups in total. The van der Waals surface area contributed by atoms with E-state index in [2.05, 4.69) is 69.2 Å². The van der Waals surface area contributed by atoms with E-state index in [1.54, 1.807) is 0 Å². The van der Waals surface area contributed by atoms with Crippen LogP contribution in [0.2, 0.25) is 0 Å². The van der Waals surface area contributed by atoms with Gasteiger partial charge in [-0.3, -0.25) is 0 Å². The van der Waals surface area contributed by atoms with E-state index >= 15 is 0 Å². The minimum absolute atomic E-state index is 0.331. The fourth-order valence-electron chi connectivity index (χ4n) is 1.94. The van der Waals surface area contributed by atoms with Crippen LogP contribution in [0.4, 0.5) is 5.69 Å². The quantitative estimate of drug-likeness (QED) is 0.841. The summed E-state index contributed by atoms with van der Waals surface area (Å²) in [6.45, 7) is 12.0. The summed E-state index contributed by atoms with van der Waals surface area (Å²) in [6, 6.07) is 8.82. The predicted molar refractivity (Wildman–Crippen MR) is 76.5 cm³/mol. The van der Waals surface area contributed by atoms with Gasteiger partial charge in [0.25, 0.3) is 0 Å². The Labute approximate surface area is 106 Å². The van der Waals surface area contributed by atoms with Crippen LogP contribution < -0.4 is 10.2 Å². The maximum absolute atomic E-state index is 3.34. The van der Waals surface area contributed by atoms with Crippen LogP contribution in [0.5, 0.6) is 0 Å². The maximum Gasteiger partial charge on any atom is 0.0363 e. The lowest BCUT2D eigenvalue weighted by molar-refractivity contribution is 0.419. The minimum atomic E-state index is 0.331. The average molecular weight is 234 g/mol. The molecule has 2 heteroatoms. The first kappa shape index (κ1) is 14.0. The molecule has 0 heterocycles. The third-order valence-corrected chi connectivity index (χ3v) is 2.67. The van der Waals surface area contributed by atoms with Gasteiger partial charge in [-0.2, -0.15) is 0 Å². The highest BCUT2D eigenvalue weighted by Gasteiger charge is 2.13. The van der Waals surface area contributed by atoms with Crippen LogP contribution >= 0.6 is 0 Å². The van der Waals surface area contributed by atoms with Gasteiger partial charge in [-0.1, -0.05) is 39.8 Å². The monoisotopic (exact) mass is 234 g/mol. The summed E-state index contributed by atoms with van der Waals surface area (Å²) in [5.74, 6) is 0. The smallest absolute Gasteiger partial charge is 0.0363 e. The van der Waals surface area contributed by atoms with E-state index in [9.17, 15) is 0 Å². The van der Waals surface area contributed by atoms with E-state index in [1.165, 1.54) is 11.3 Å². The maximum atomic E-state index is 3.34. The molecular weight excluding hydrogens is 208 g/mol. The van der Waals surface area contributed by atoms with Crippen LogP contribution in [0.25, 0.3) is 0 Å². The van der Waals surface area contributed by atoms with Crippen molar-refractivity contribution in [3.8, 4) is 0 Å².